The number of carbonyl (C=O) groups excluding carboxylic acids is 1. The zero-order valence-corrected chi connectivity index (χ0v) is 10.7. The summed E-state index contributed by atoms with van der Waals surface area (Å²) in [5.74, 6) is 2.11. The number of unbranched alkanes of at least 4 members (excludes halogenated alkanes) is 1. The van der Waals surface area contributed by atoms with Crippen LogP contribution in [0.25, 0.3) is 0 Å². The summed E-state index contributed by atoms with van der Waals surface area (Å²) < 4.78 is 1.67. The number of aromatic nitrogens is 2. The molecule has 0 radical (unpaired) electrons. The van der Waals surface area contributed by atoms with Crippen molar-refractivity contribution in [3.05, 3.63) is 12.4 Å². The van der Waals surface area contributed by atoms with E-state index in [0.717, 1.165) is 17.2 Å². The van der Waals surface area contributed by atoms with Gasteiger partial charge in [0.15, 0.2) is 0 Å². The SMILES string of the molecule is CCCCSCCC(=O)Nc1cnn(C)c1. The third kappa shape index (κ3) is 5.21. The molecule has 0 saturated carbocycles. The topological polar surface area (TPSA) is 46.9 Å². The van der Waals surface area contributed by atoms with Gasteiger partial charge in [0, 0.05) is 25.4 Å². The molecule has 0 atom stereocenters. The molecule has 1 aromatic heterocycles. The molecular weight excluding hydrogens is 222 g/mol. The fraction of sp³-hybridized carbons (Fsp3) is 0.636. The lowest BCUT2D eigenvalue weighted by Gasteiger charge is -2.02. The highest BCUT2D eigenvalue weighted by molar-refractivity contribution is 7.99. The van der Waals surface area contributed by atoms with Gasteiger partial charge in [-0.1, -0.05) is 13.3 Å². The summed E-state index contributed by atoms with van der Waals surface area (Å²) in [4.78, 5) is 11.5. The molecular formula is C11H19N3OS. The normalized spacial score (nSPS) is 10.4. The van der Waals surface area contributed by atoms with Gasteiger partial charge in [-0.25, -0.2) is 0 Å². The Bertz CT molecular complexity index is 325. The van der Waals surface area contributed by atoms with Gasteiger partial charge in [-0.2, -0.15) is 16.9 Å². The van der Waals surface area contributed by atoms with Crippen molar-refractivity contribution in [2.45, 2.75) is 26.2 Å². The van der Waals surface area contributed by atoms with Crippen LogP contribution < -0.4 is 5.32 Å². The molecule has 16 heavy (non-hydrogen) atoms. The molecule has 1 amide bonds. The molecule has 0 aliphatic carbocycles. The molecule has 0 unspecified atom stereocenters. The first-order valence-electron chi connectivity index (χ1n) is 5.58. The van der Waals surface area contributed by atoms with E-state index in [0.29, 0.717) is 6.42 Å². The average molecular weight is 241 g/mol. The van der Waals surface area contributed by atoms with Gasteiger partial charge in [-0.15, -0.1) is 0 Å². The predicted molar refractivity (Wildman–Crippen MR) is 68.7 cm³/mol. The second-order valence-corrected chi connectivity index (χ2v) is 4.89. The van der Waals surface area contributed by atoms with Gasteiger partial charge in [0.1, 0.15) is 0 Å². The summed E-state index contributed by atoms with van der Waals surface area (Å²) in [6, 6.07) is 0. The van der Waals surface area contributed by atoms with Crippen LogP contribution in [0.1, 0.15) is 26.2 Å². The first kappa shape index (κ1) is 13.1. The monoisotopic (exact) mass is 241 g/mol. The van der Waals surface area contributed by atoms with Crippen molar-refractivity contribution in [1.29, 1.82) is 0 Å². The zero-order valence-electron chi connectivity index (χ0n) is 9.90. The number of hydrogen-bond donors (Lipinski definition) is 1. The Balaban J connectivity index is 2.11. The number of amides is 1. The van der Waals surface area contributed by atoms with Crippen molar-refractivity contribution in [2.75, 3.05) is 16.8 Å². The quantitative estimate of drug-likeness (QED) is 0.745. The van der Waals surface area contributed by atoms with E-state index in [4.69, 9.17) is 0 Å². The number of anilines is 1. The van der Waals surface area contributed by atoms with Gasteiger partial charge in [0.2, 0.25) is 5.91 Å². The summed E-state index contributed by atoms with van der Waals surface area (Å²) in [5.41, 5.74) is 0.769. The fourth-order valence-electron chi connectivity index (χ4n) is 1.22. The number of rotatable bonds is 7. The maximum atomic E-state index is 11.5. The van der Waals surface area contributed by atoms with Crippen molar-refractivity contribution >= 4 is 23.4 Å². The largest absolute Gasteiger partial charge is 0.323 e. The minimum atomic E-state index is 0.0667. The van der Waals surface area contributed by atoms with Gasteiger partial charge >= 0.3 is 0 Å². The first-order chi connectivity index (χ1) is 7.72. The lowest BCUT2D eigenvalue weighted by Crippen LogP contribution is -2.11. The van der Waals surface area contributed by atoms with Gasteiger partial charge in [0.05, 0.1) is 11.9 Å². The summed E-state index contributed by atoms with van der Waals surface area (Å²) in [6.45, 7) is 2.18. The van der Waals surface area contributed by atoms with Crippen LogP contribution in [0, 0.1) is 0 Å². The molecule has 1 aromatic rings. The van der Waals surface area contributed by atoms with Crippen molar-refractivity contribution in [3.63, 3.8) is 0 Å². The Morgan fingerprint density at radius 1 is 1.56 bits per heavy atom. The van der Waals surface area contributed by atoms with E-state index in [-0.39, 0.29) is 5.91 Å². The minimum absolute atomic E-state index is 0.0667. The lowest BCUT2D eigenvalue weighted by molar-refractivity contribution is -0.115. The zero-order chi connectivity index (χ0) is 11.8. The Hall–Kier alpha value is -0.970. The van der Waals surface area contributed by atoms with E-state index in [1.807, 2.05) is 18.8 Å². The van der Waals surface area contributed by atoms with Crippen LogP contribution in [0.5, 0.6) is 0 Å². The molecule has 1 rings (SSSR count). The number of aryl methyl sites for hydroxylation is 1. The highest BCUT2D eigenvalue weighted by atomic mass is 32.2. The second-order valence-electron chi connectivity index (χ2n) is 3.67. The maximum absolute atomic E-state index is 11.5. The second kappa shape index (κ2) is 7.33. The molecule has 5 heteroatoms. The summed E-state index contributed by atoms with van der Waals surface area (Å²) in [7, 11) is 1.83. The molecule has 0 bridgehead atoms. The fourth-order valence-corrected chi connectivity index (χ4v) is 2.25. The van der Waals surface area contributed by atoms with Gasteiger partial charge in [0.25, 0.3) is 0 Å². The molecule has 1 heterocycles. The van der Waals surface area contributed by atoms with Crippen molar-refractivity contribution in [2.24, 2.45) is 7.05 Å². The van der Waals surface area contributed by atoms with Gasteiger partial charge in [-0.3, -0.25) is 9.48 Å². The van der Waals surface area contributed by atoms with Crippen LogP contribution in [-0.2, 0) is 11.8 Å². The molecule has 4 nitrogen and oxygen atoms in total. The minimum Gasteiger partial charge on any atom is -0.323 e. The highest BCUT2D eigenvalue weighted by Crippen LogP contribution is 2.08. The van der Waals surface area contributed by atoms with Crippen LogP contribution in [-0.4, -0.2) is 27.2 Å². The number of nitrogens with one attached hydrogen (secondary N) is 1. The van der Waals surface area contributed by atoms with Crippen LogP contribution in [0.2, 0.25) is 0 Å². The lowest BCUT2D eigenvalue weighted by atomic mass is 10.4. The summed E-state index contributed by atoms with van der Waals surface area (Å²) in [6.07, 6.45) is 6.47. The molecule has 0 fully saturated rings. The average Bonchev–Trinajstić information content (AvgIpc) is 2.63. The standard InChI is InChI=1S/C11H19N3OS/c1-3-4-6-16-7-5-11(15)13-10-8-12-14(2)9-10/h8-9H,3-7H2,1-2H3,(H,13,15). The van der Waals surface area contributed by atoms with Gasteiger partial charge < -0.3 is 5.32 Å². The van der Waals surface area contributed by atoms with Crippen LogP contribution in [0.15, 0.2) is 12.4 Å². The van der Waals surface area contributed by atoms with E-state index < -0.39 is 0 Å². The molecule has 0 spiro atoms. The predicted octanol–water partition coefficient (Wildman–Crippen LogP) is 2.28. The van der Waals surface area contributed by atoms with Crippen molar-refractivity contribution in [1.82, 2.24) is 9.78 Å². The highest BCUT2D eigenvalue weighted by Gasteiger charge is 2.03. The number of nitrogens with zero attached hydrogens (tertiary/aromatic N) is 2. The van der Waals surface area contributed by atoms with E-state index in [1.165, 1.54) is 12.8 Å². The summed E-state index contributed by atoms with van der Waals surface area (Å²) in [5, 5.41) is 6.81. The molecule has 0 aromatic carbocycles. The Morgan fingerprint density at radius 3 is 3.00 bits per heavy atom. The van der Waals surface area contributed by atoms with E-state index in [2.05, 4.69) is 17.3 Å². The Morgan fingerprint density at radius 2 is 2.38 bits per heavy atom. The molecule has 0 aliphatic heterocycles. The first-order valence-corrected chi connectivity index (χ1v) is 6.74. The van der Waals surface area contributed by atoms with Crippen molar-refractivity contribution < 1.29 is 4.79 Å². The van der Waals surface area contributed by atoms with E-state index >= 15 is 0 Å². The van der Waals surface area contributed by atoms with E-state index in [9.17, 15) is 4.79 Å². The number of hydrogen-bond acceptors (Lipinski definition) is 3. The third-order valence-electron chi connectivity index (χ3n) is 2.10. The van der Waals surface area contributed by atoms with Crippen molar-refractivity contribution in [3.8, 4) is 0 Å². The van der Waals surface area contributed by atoms with Gasteiger partial charge in [-0.05, 0) is 12.2 Å². The summed E-state index contributed by atoms with van der Waals surface area (Å²) >= 11 is 1.84. The number of carbonyl (C=O) groups is 1. The van der Waals surface area contributed by atoms with Crippen LogP contribution in [0.4, 0.5) is 5.69 Å². The molecule has 1 N–H and O–H groups in total. The molecule has 0 aliphatic rings. The molecule has 90 valence electrons. The maximum Gasteiger partial charge on any atom is 0.225 e. The van der Waals surface area contributed by atoms with E-state index in [1.54, 1.807) is 17.1 Å². The third-order valence-corrected chi connectivity index (χ3v) is 3.17. The van der Waals surface area contributed by atoms with Crippen LogP contribution in [0.3, 0.4) is 0 Å². The Labute approximate surface area is 101 Å². The number of thioether (sulfide) groups is 1. The van der Waals surface area contributed by atoms with Crippen LogP contribution >= 0.6 is 11.8 Å². The smallest absolute Gasteiger partial charge is 0.225 e. The Kier molecular flexibility index (Phi) is 6.00. The molecule has 0 saturated heterocycles.